The number of hydrogen-bond donors (Lipinski definition) is 2. The molecule has 0 amide bonds. The number of rotatable bonds is 6. The van der Waals surface area contributed by atoms with Gasteiger partial charge in [-0.1, -0.05) is 159 Å². The van der Waals surface area contributed by atoms with E-state index in [1.54, 1.807) is 0 Å². The average Bonchev–Trinajstić information content (AvgIpc) is 3.39. The minimum Gasteiger partial charge on any atom is -0.365 e. The van der Waals surface area contributed by atoms with Crippen molar-refractivity contribution in [1.82, 2.24) is 5.32 Å². The van der Waals surface area contributed by atoms with Crippen LogP contribution in [0.2, 0.25) is 0 Å². The fourth-order valence-corrected chi connectivity index (χ4v) is 7.28. The first-order chi connectivity index (χ1) is 24.0. The quantitative estimate of drug-likeness (QED) is 0.139. The van der Waals surface area contributed by atoms with Crippen molar-refractivity contribution in [2.45, 2.75) is 25.8 Å². The predicted octanol–water partition coefficient (Wildman–Crippen LogP) is 11.0. The Hall–Kier alpha value is -6.06. The van der Waals surface area contributed by atoms with Gasteiger partial charge in [0.25, 0.3) is 0 Å². The molecule has 0 fully saturated rings. The molecular weight excluding hydrogens is 595 g/mol. The molecule has 0 heterocycles. The highest BCUT2D eigenvalue weighted by Gasteiger charge is 2.36. The van der Waals surface area contributed by atoms with Crippen LogP contribution in [0.1, 0.15) is 41.7 Å². The summed E-state index contributed by atoms with van der Waals surface area (Å²) < 4.78 is 0. The molecule has 0 aliphatic heterocycles. The number of hydrogen-bond acceptors (Lipinski definition) is 1. The first-order valence-corrected chi connectivity index (χ1v) is 16.8. The van der Waals surface area contributed by atoms with Crippen LogP contribution in [0.15, 0.2) is 169 Å². The zero-order valence-electron chi connectivity index (χ0n) is 27.7. The van der Waals surface area contributed by atoms with Crippen LogP contribution >= 0.6 is 0 Å². The maximum Gasteiger partial charge on any atom is 0.154 e. The molecular formula is C46H37N3. The van der Waals surface area contributed by atoms with Crippen LogP contribution in [0.4, 0.5) is 0 Å². The van der Waals surface area contributed by atoms with E-state index in [-0.39, 0.29) is 11.3 Å². The Morgan fingerprint density at radius 2 is 1.20 bits per heavy atom. The number of aliphatic imine (C=N–C) groups is 1. The molecule has 0 spiro atoms. The number of fused-ring (bicyclic) bond motifs is 5. The first-order valence-electron chi connectivity index (χ1n) is 16.8. The predicted molar refractivity (Wildman–Crippen MR) is 205 cm³/mol. The van der Waals surface area contributed by atoms with Crippen LogP contribution in [0.5, 0.6) is 0 Å². The van der Waals surface area contributed by atoms with E-state index in [9.17, 15) is 0 Å². The molecule has 236 valence electrons. The molecule has 7 aromatic carbocycles. The molecule has 1 aliphatic carbocycles. The Labute approximate surface area is 288 Å². The van der Waals surface area contributed by atoms with Gasteiger partial charge >= 0.3 is 0 Å². The molecule has 3 heteroatoms. The third-order valence-electron chi connectivity index (χ3n) is 9.78. The second kappa shape index (κ2) is 12.5. The van der Waals surface area contributed by atoms with Gasteiger partial charge in [-0.25, -0.2) is 4.99 Å². The Bertz CT molecular complexity index is 2370. The summed E-state index contributed by atoms with van der Waals surface area (Å²) in [6, 6.07) is 57.5. The first kappa shape index (κ1) is 30.3. The molecule has 0 saturated heterocycles. The van der Waals surface area contributed by atoms with Crippen LogP contribution in [-0.4, -0.2) is 11.7 Å². The summed E-state index contributed by atoms with van der Waals surface area (Å²) in [5.74, 6) is 0.890. The lowest BCUT2D eigenvalue weighted by molar-refractivity contribution is 0.666. The normalized spacial score (nSPS) is 13.1. The van der Waals surface area contributed by atoms with Crippen LogP contribution in [0.3, 0.4) is 0 Å². The van der Waals surface area contributed by atoms with Gasteiger partial charge in [0.1, 0.15) is 5.84 Å². The van der Waals surface area contributed by atoms with Gasteiger partial charge in [-0.2, -0.15) is 0 Å². The zero-order chi connectivity index (χ0) is 33.4. The van der Waals surface area contributed by atoms with E-state index >= 15 is 0 Å². The monoisotopic (exact) mass is 631 g/mol. The molecule has 0 radical (unpaired) electrons. The lowest BCUT2D eigenvalue weighted by Crippen LogP contribution is -2.25. The topological polar surface area (TPSA) is 48.2 Å². The van der Waals surface area contributed by atoms with Crippen molar-refractivity contribution in [3.05, 3.63) is 192 Å². The van der Waals surface area contributed by atoms with Crippen molar-refractivity contribution >= 4 is 22.4 Å². The maximum absolute atomic E-state index is 8.77. The molecule has 7 aromatic rings. The van der Waals surface area contributed by atoms with E-state index in [0.717, 1.165) is 27.8 Å². The SMILES string of the molecule is CC1(C)c2ccc(-c3cccc(-c4cccc(C(=NC(=N)c5ccccc5)NCc5ccccc5)c4)c3)cc2-c2ccc3ccccc3c21. The van der Waals surface area contributed by atoms with Gasteiger partial charge in [0.05, 0.1) is 0 Å². The van der Waals surface area contributed by atoms with Crippen molar-refractivity contribution in [2.75, 3.05) is 0 Å². The van der Waals surface area contributed by atoms with Crippen molar-refractivity contribution in [2.24, 2.45) is 4.99 Å². The van der Waals surface area contributed by atoms with Crippen LogP contribution in [-0.2, 0) is 12.0 Å². The van der Waals surface area contributed by atoms with Gasteiger partial charge in [-0.05, 0) is 79.0 Å². The van der Waals surface area contributed by atoms with Gasteiger partial charge in [0, 0.05) is 23.1 Å². The van der Waals surface area contributed by atoms with Gasteiger partial charge < -0.3 is 5.32 Å². The van der Waals surface area contributed by atoms with Crippen LogP contribution in [0.25, 0.3) is 44.2 Å². The lowest BCUT2D eigenvalue weighted by Gasteiger charge is -2.23. The smallest absolute Gasteiger partial charge is 0.154 e. The summed E-state index contributed by atoms with van der Waals surface area (Å²) >= 11 is 0. The number of nitrogens with one attached hydrogen (secondary N) is 2. The summed E-state index contributed by atoms with van der Waals surface area (Å²) in [5, 5.41) is 14.9. The third kappa shape index (κ3) is 5.74. The highest BCUT2D eigenvalue weighted by Crippen LogP contribution is 2.52. The fourth-order valence-electron chi connectivity index (χ4n) is 7.28. The van der Waals surface area contributed by atoms with Crippen molar-refractivity contribution in [3.8, 4) is 33.4 Å². The van der Waals surface area contributed by atoms with Gasteiger partial charge in [-0.3, -0.25) is 5.41 Å². The summed E-state index contributed by atoms with van der Waals surface area (Å²) in [6.45, 7) is 5.31. The Kier molecular flexibility index (Phi) is 7.74. The molecule has 0 atom stereocenters. The van der Waals surface area contributed by atoms with Crippen LogP contribution in [0, 0.1) is 5.41 Å². The standard InChI is InChI=1S/C46H37N3/c1-46(2)42-26-24-37(29-41(42)40-25-23-32-15-9-10-22-39(32)43(40)46)35-19-11-18-34(27-35)36-20-12-21-38(28-36)45(48-30-31-13-5-3-6-14-31)49-44(47)33-16-7-4-8-17-33/h3-29H,30H2,1-2H3,(H2,47,48,49). The molecule has 1 aliphatic rings. The summed E-state index contributed by atoms with van der Waals surface area (Å²) in [5.41, 5.74) is 12.9. The second-order valence-electron chi connectivity index (χ2n) is 13.3. The van der Waals surface area contributed by atoms with Crippen LogP contribution < -0.4 is 5.32 Å². The highest BCUT2D eigenvalue weighted by atomic mass is 15.0. The molecule has 0 unspecified atom stereocenters. The van der Waals surface area contributed by atoms with Gasteiger partial charge in [0.2, 0.25) is 0 Å². The van der Waals surface area contributed by atoms with Gasteiger partial charge in [-0.15, -0.1) is 0 Å². The number of amidine groups is 2. The Balaban J connectivity index is 1.14. The van der Waals surface area contributed by atoms with E-state index in [1.165, 1.54) is 44.2 Å². The molecule has 0 saturated carbocycles. The average molecular weight is 632 g/mol. The minimum atomic E-state index is -0.0724. The fraction of sp³-hybridized carbons (Fsp3) is 0.0870. The largest absolute Gasteiger partial charge is 0.365 e. The van der Waals surface area contributed by atoms with E-state index in [1.807, 2.05) is 48.5 Å². The summed E-state index contributed by atoms with van der Waals surface area (Å²) in [6.07, 6.45) is 0. The lowest BCUT2D eigenvalue weighted by atomic mass is 9.80. The van der Waals surface area contributed by atoms with Gasteiger partial charge in [0.15, 0.2) is 5.84 Å². The second-order valence-corrected chi connectivity index (χ2v) is 13.3. The highest BCUT2D eigenvalue weighted by molar-refractivity contribution is 6.10. The Morgan fingerprint density at radius 1 is 0.571 bits per heavy atom. The molecule has 0 bridgehead atoms. The van der Waals surface area contributed by atoms with E-state index in [4.69, 9.17) is 10.4 Å². The van der Waals surface area contributed by atoms with Crippen molar-refractivity contribution in [1.29, 1.82) is 5.41 Å². The van der Waals surface area contributed by atoms with E-state index < -0.39 is 0 Å². The Morgan fingerprint density at radius 3 is 1.98 bits per heavy atom. The molecule has 3 nitrogen and oxygen atoms in total. The molecule has 8 rings (SSSR count). The zero-order valence-corrected chi connectivity index (χ0v) is 27.7. The number of benzene rings is 7. The van der Waals surface area contributed by atoms with E-state index in [2.05, 4.69) is 134 Å². The molecule has 49 heavy (non-hydrogen) atoms. The maximum atomic E-state index is 8.77. The molecule has 2 N–H and O–H groups in total. The van der Waals surface area contributed by atoms with Crippen molar-refractivity contribution < 1.29 is 0 Å². The number of nitrogens with zero attached hydrogens (tertiary/aromatic N) is 1. The summed E-state index contributed by atoms with van der Waals surface area (Å²) in [4.78, 5) is 4.80. The van der Waals surface area contributed by atoms with E-state index in [0.29, 0.717) is 12.4 Å². The summed E-state index contributed by atoms with van der Waals surface area (Å²) in [7, 11) is 0. The van der Waals surface area contributed by atoms with Crippen molar-refractivity contribution in [3.63, 3.8) is 0 Å². The minimum absolute atomic E-state index is 0.0724. The molecule has 0 aromatic heterocycles. The third-order valence-corrected chi connectivity index (χ3v) is 9.78.